The van der Waals surface area contributed by atoms with Crippen LogP contribution in [0.2, 0.25) is 0 Å². The highest BCUT2D eigenvalue weighted by Crippen LogP contribution is 2.24. The fraction of sp³-hybridized carbons (Fsp3) is 0.371. The number of nitriles is 1. The van der Waals surface area contributed by atoms with Gasteiger partial charge in [-0.1, -0.05) is 115 Å². The number of amides is 1. The Kier molecular flexibility index (Phi) is 36.0. The molecule has 0 aliphatic heterocycles. The molecule has 1 unspecified atom stereocenters. The lowest BCUT2D eigenvalue weighted by molar-refractivity contribution is -0.150. The minimum Gasteiger partial charge on any atom is -0.478 e. The van der Waals surface area contributed by atoms with Crippen LogP contribution >= 0.6 is 0 Å². The molecule has 6 aromatic rings. The summed E-state index contributed by atoms with van der Waals surface area (Å²) in [6.07, 6.45) is 5.25. The van der Waals surface area contributed by atoms with Crippen LogP contribution in [-0.4, -0.2) is 75.7 Å². The number of nitrogens with zero attached hydrogens (tertiary/aromatic N) is 1. The number of esters is 1. The van der Waals surface area contributed by atoms with Gasteiger partial charge in [-0.2, -0.15) is 5.26 Å². The summed E-state index contributed by atoms with van der Waals surface area (Å²) in [7, 11) is 1.59. The lowest BCUT2D eigenvalue weighted by Crippen LogP contribution is -2.29. The molecule has 87 heavy (non-hydrogen) atoms. The SMILES string of the molecule is CC(=O)c1cccc(C(C)=O)c1.CC(=O)c1cccc(C(C)=O)c1.CCC(C)(C)C(=O)Nc1ccc(S(N)(=O)=O)cc1.CCC(C)(C)C(=O)OC.CCC(C)C#N.CCc1cc(CC)cc(C(=O)O)c1.CNc1ccc(Cc2ccc(NC)cc2)cc1. The second-order valence-electron chi connectivity index (χ2n) is 21.4. The molecular formula is C70H93N5O11S. The van der Waals surface area contributed by atoms with Crippen molar-refractivity contribution in [2.45, 2.75) is 140 Å². The predicted molar refractivity (Wildman–Crippen MR) is 352 cm³/mol. The predicted octanol–water partition coefficient (Wildman–Crippen LogP) is 14.9. The van der Waals surface area contributed by atoms with E-state index in [2.05, 4.69) is 81.4 Å². The van der Waals surface area contributed by atoms with Gasteiger partial charge in [0.25, 0.3) is 0 Å². The number of ketones is 4. The Labute approximate surface area is 517 Å². The number of aryl methyl sites for hydroxylation is 2. The van der Waals surface area contributed by atoms with Crippen molar-refractivity contribution in [3.63, 3.8) is 0 Å². The zero-order valence-electron chi connectivity index (χ0n) is 54.1. The molecule has 0 saturated heterocycles. The highest BCUT2D eigenvalue weighted by molar-refractivity contribution is 7.89. The number of nitrogens with two attached hydrogens (primary N) is 1. The average molecular weight is 1210 g/mol. The number of hydrogen-bond donors (Lipinski definition) is 5. The molecule has 0 fully saturated rings. The maximum absolute atomic E-state index is 11.9. The van der Waals surface area contributed by atoms with E-state index in [9.17, 15) is 42.0 Å². The quantitative estimate of drug-likeness (QED) is 0.0396. The smallest absolute Gasteiger partial charge is 0.335 e. The summed E-state index contributed by atoms with van der Waals surface area (Å²) in [5, 5.41) is 30.9. The Bertz CT molecular complexity index is 3120. The van der Waals surface area contributed by atoms with Crippen molar-refractivity contribution in [3.8, 4) is 6.07 Å². The van der Waals surface area contributed by atoms with Gasteiger partial charge in [-0.05, 0) is 182 Å². The molecule has 6 N–H and O–H groups in total. The molecule has 0 saturated carbocycles. The van der Waals surface area contributed by atoms with Crippen molar-refractivity contribution in [2.24, 2.45) is 21.9 Å². The number of rotatable bonds is 18. The third-order valence-corrected chi connectivity index (χ3v) is 14.7. The highest BCUT2D eigenvalue weighted by Gasteiger charge is 2.26. The molecule has 6 rings (SSSR count). The number of carboxylic acid groups (broad SMARTS) is 1. The number of carbonyl (C=O) groups is 7. The number of primary sulfonamides is 1. The number of Topliss-reactive ketones (excluding diaryl/α,β-unsaturated/α-hetero) is 4. The van der Waals surface area contributed by atoms with E-state index in [-0.39, 0.29) is 51.2 Å². The number of aromatic carboxylic acids is 1. The third kappa shape index (κ3) is 30.9. The van der Waals surface area contributed by atoms with Gasteiger partial charge in [0, 0.05) is 64.7 Å². The molecule has 0 aliphatic carbocycles. The number of ether oxygens (including phenoxy) is 1. The van der Waals surface area contributed by atoms with E-state index in [1.807, 2.05) is 83.3 Å². The molecule has 0 radical (unpaired) electrons. The Morgan fingerprint density at radius 3 is 1.15 bits per heavy atom. The van der Waals surface area contributed by atoms with E-state index < -0.39 is 21.4 Å². The minimum atomic E-state index is -3.69. The van der Waals surface area contributed by atoms with E-state index in [1.54, 1.807) is 60.7 Å². The Morgan fingerprint density at radius 1 is 0.552 bits per heavy atom. The number of anilines is 3. The van der Waals surface area contributed by atoms with Crippen LogP contribution < -0.4 is 21.1 Å². The monoisotopic (exact) mass is 1210 g/mol. The van der Waals surface area contributed by atoms with E-state index in [4.69, 9.17) is 15.5 Å². The van der Waals surface area contributed by atoms with E-state index in [1.165, 1.54) is 70.2 Å². The summed E-state index contributed by atoms with van der Waals surface area (Å²) >= 11 is 0. The largest absolute Gasteiger partial charge is 0.478 e. The number of methoxy groups -OCH3 is 1. The molecule has 6 aromatic carbocycles. The first-order valence-corrected chi connectivity index (χ1v) is 30.3. The number of carboxylic acids is 1. The molecule has 17 heteroatoms. The summed E-state index contributed by atoms with van der Waals surface area (Å²) in [4.78, 5) is 77.1. The van der Waals surface area contributed by atoms with Gasteiger partial charge in [-0.3, -0.25) is 28.8 Å². The zero-order valence-corrected chi connectivity index (χ0v) is 54.9. The molecule has 1 atom stereocenters. The summed E-state index contributed by atoms with van der Waals surface area (Å²) in [5.41, 5.74) is 9.68. The van der Waals surface area contributed by atoms with Gasteiger partial charge in [0.1, 0.15) is 0 Å². The molecule has 0 heterocycles. The number of sulfonamides is 1. The van der Waals surface area contributed by atoms with Crippen molar-refractivity contribution in [3.05, 3.63) is 190 Å². The highest BCUT2D eigenvalue weighted by atomic mass is 32.2. The standard InChI is InChI=1S/C15H18N2.C12H18N2O3S.C11H14O2.2C10H10O2.C7H14O2.C5H9N/c1-16-14-7-3-12(4-8-14)11-13-5-9-15(17-2)10-6-13;1-4-12(2,3)11(15)14-9-5-7-10(8-6-9)18(13,16)17;1-3-8-5-9(4-2)7-10(6-8)11(12)13;2*1-7(11)9-4-3-5-10(6-9)8(2)12;1-5-7(2,3)6(8)9-4;1-3-5(2)4-6/h3-10,16-17H,11H2,1-2H3;5-8H,4H2,1-3H3,(H,14,15)(H2,13,16,17);5-7H,3-4H2,1-2H3,(H,12,13);2*3-6H,1-2H3;5H2,1-4H3;5H,3H2,1-2H3. The summed E-state index contributed by atoms with van der Waals surface area (Å²) in [6.45, 7) is 25.3. The maximum atomic E-state index is 11.9. The fourth-order valence-electron chi connectivity index (χ4n) is 6.72. The number of hydrogen-bond acceptors (Lipinski definition) is 13. The number of carbonyl (C=O) groups excluding carboxylic acids is 6. The van der Waals surface area contributed by atoms with Crippen LogP contribution in [0.25, 0.3) is 0 Å². The Morgan fingerprint density at radius 2 is 0.908 bits per heavy atom. The molecule has 1 amide bonds. The second-order valence-corrected chi connectivity index (χ2v) is 23.0. The zero-order chi connectivity index (χ0) is 66.7. The van der Waals surface area contributed by atoms with Crippen LogP contribution in [0.5, 0.6) is 0 Å². The van der Waals surface area contributed by atoms with Gasteiger partial charge in [-0.15, -0.1) is 0 Å². The van der Waals surface area contributed by atoms with Crippen LogP contribution in [0.3, 0.4) is 0 Å². The fourth-order valence-corrected chi connectivity index (χ4v) is 7.24. The van der Waals surface area contributed by atoms with Crippen molar-refractivity contribution in [1.82, 2.24) is 0 Å². The molecule has 470 valence electrons. The third-order valence-electron chi connectivity index (χ3n) is 13.8. The van der Waals surface area contributed by atoms with E-state index in [0.29, 0.717) is 39.9 Å². The maximum Gasteiger partial charge on any atom is 0.335 e. The topological polar surface area (TPSA) is 269 Å². The molecular weight excluding hydrogens is 1120 g/mol. The average Bonchev–Trinajstić information content (AvgIpc) is 3.71. The van der Waals surface area contributed by atoms with Gasteiger partial charge in [0.15, 0.2) is 23.1 Å². The minimum absolute atomic E-state index is 0.0156. The molecule has 16 nitrogen and oxygen atoms in total. The van der Waals surface area contributed by atoms with Crippen LogP contribution in [0, 0.1) is 28.1 Å². The van der Waals surface area contributed by atoms with Gasteiger partial charge < -0.3 is 25.8 Å². The van der Waals surface area contributed by atoms with Crippen LogP contribution in [0.1, 0.15) is 190 Å². The van der Waals surface area contributed by atoms with E-state index >= 15 is 0 Å². The van der Waals surface area contributed by atoms with Crippen molar-refractivity contribution < 1.29 is 51.8 Å². The van der Waals surface area contributed by atoms with Crippen LogP contribution in [0.4, 0.5) is 17.1 Å². The van der Waals surface area contributed by atoms with Gasteiger partial charge in [0.2, 0.25) is 15.9 Å². The first-order chi connectivity index (χ1) is 40.7. The normalized spacial score (nSPS) is 10.6. The lowest BCUT2D eigenvalue weighted by Gasteiger charge is -2.21. The molecule has 0 aliphatic rings. The first-order valence-electron chi connectivity index (χ1n) is 28.8. The van der Waals surface area contributed by atoms with Crippen LogP contribution in [-0.2, 0) is 43.6 Å². The molecule has 0 bridgehead atoms. The molecule has 0 spiro atoms. The van der Waals surface area contributed by atoms with Crippen molar-refractivity contribution >= 4 is 68.1 Å². The summed E-state index contributed by atoms with van der Waals surface area (Å²) in [5.74, 6) is -0.902. The van der Waals surface area contributed by atoms with Gasteiger partial charge in [-0.25, -0.2) is 18.4 Å². The van der Waals surface area contributed by atoms with Gasteiger partial charge >= 0.3 is 11.9 Å². The van der Waals surface area contributed by atoms with Crippen molar-refractivity contribution in [1.29, 1.82) is 5.26 Å². The van der Waals surface area contributed by atoms with Crippen LogP contribution in [0.15, 0.2) is 144 Å². The first kappa shape index (κ1) is 78.4. The Balaban J connectivity index is 0.00000101. The molecule has 0 aromatic heterocycles. The number of benzene rings is 6. The van der Waals surface area contributed by atoms with Crippen molar-refractivity contribution in [2.75, 3.05) is 37.2 Å². The number of nitrogens with one attached hydrogen (secondary N) is 3. The summed E-state index contributed by atoms with van der Waals surface area (Å²) < 4.78 is 26.7. The lowest BCUT2D eigenvalue weighted by atomic mass is 9.89. The summed E-state index contributed by atoms with van der Waals surface area (Å²) in [6, 6.07) is 44.0. The van der Waals surface area contributed by atoms with E-state index in [0.717, 1.165) is 54.6 Å². The second kappa shape index (κ2) is 39.9. The Hall–Kier alpha value is -8.59. The van der Waals surface area contributed by atoms with Gasteiger partial charge in [0.05, 0.1) is 29.1 Å².